The molecule has 4 N–H and O–H groups in total. The Morgan fingerprint density at radius 3 is 2.90 bits per heavy atom. The number of nitrogens with zero attached hydrogens (tertiary/aromatic N) is 3. The van der Waals surface area contributed by atoms with Crippen LogP contribution in [-0.4, -0.2) is 43.2 Å². The number of H-pyrrole nitrogens is 1. The normalized spacial score (nSPS) is 13.1. The zero-order chi connectivity index (χ0) is 20.4. The van der Waals surface area contributed by atoms with Gasteiger partial charge in [0, 0.05) is 24.2 Å². The van der Waals surface area contributed by atoms with E-state index in [1.54, 1.807) is 30.6 Å². The molecule has 3 aromatic heterocycles. The molecule has 4 rings (SSSR count). The van der Waals surface area contributed by atoms with Crippen molar-refractivity contribution in [2.24, 2.45) is 5.73 Å². The van der Waals surface area contributed by atoms with Gasteiger partial charge < -0.3 is 16.0 Å². The molecule has 0 saturated heterocycles. The molecular formula is C20H18N6O3. The quantitative estimate of drug-likeness (QED) is 0.443. The van der Waals surface area contributed by atoms with E-state index in [9.17, 15) is 14.4 Å². The van der Waals surface area contributed by atoms with Crippen molar-refractivity contribution in [3.05, 3.63) is 64.9 Å². The summed E-state index contributed by atoms with van der Waals surface area (Å²) in [4.78, 5) is 48.1. The van der Waals surface area contributed by atoms with Crippen LogP contribution in [-0.2, 0) is 16.0 Å². The zero-order valence-corrected chi connectivity index (χ0v) is 15.3. The number of pyridine rings is 1. The highest BCUT2D eigenvalue weighted by Crippen LogP contribution is 2.09. The van der Waals surface area contributed by atoms with Gasteiger partial charge in [0.1, 0.15) is 23.9 Å². The number of nitrogens with one attached hydrogen (secondary N) is 2. The molecule has 2 amide bonds. The Bertz CT molecular complexity index is 1210. The Balaban J connectivity index is 1.61. The lowest BCUT2D eigenvalue weighted by Gasteiger charge is -2.16. The molecule has 1 atom stereocenters. The van der Waals surface area contributed by atoms with Crippen molar-refractivity contribution in [1.82, 2.24) is 24.8 Å². The number of Topliss-reactive ketones (excluding diaryl/α,β-unsaturated/α-hetero) is 1. The molecule has 146 valence electrons. The molecule has 0 spiro atoms. The third-order valence-electron chi connectivity index (χ3n) is 4.74. The summed E-state index contributed by atoms with van der Waals surface area (Å²) in [6.07, 6.45) is 11.1. The van der Waals surface area contributed by atoms with E-state index in [1.165, 1.54) is 17.1 Å². The molecule has 29 heavy (non-hydrogen) atoms. The van der Waals surface area contributed by atoms with Gasteiger partial charge >= 0.3 is 0 Å². The third-order valence-corrected chi connectivity index (χ3v) is 4.74. The maximum Gasteiger partial charge on any atom is 0.287 e. The standard InChI is InChI=1S/C20H18N6O3/c21-19(28)18(27)15(8-12-9-24-14-5-3-4-13(12)14)25-20(29)16-10-22-11-26(16)17-6-1-2-7-23-17/h1-2,4-7,9-11,15,24H,3,8H2,(H2,21,28)(H,25,29). The average molecular weight is 390 g/mol. The lowest BCUT2D eigenvalue weighted by Crippen LogP contribution is -2.48. The Labute approximate surface area is 165 Å². The van der Waals surface area contributed by atoms with Gasteiger partial charge in [-0.15, -0.1) is 0 Å². The Hall–Kier alpha value is -4.01. The second kappa shape index (κ2) is 7.55. The van der Waals surface area contributed by atoms with E-state index in [4.69, 9.17) is 5.73 Å². The van der Waals surface area contributed by atoms with Crippen LogP contribution in [0.1, 0.15) is 22.5 Å². The highest BCUT2D eigenvalue weighted by molar-refractivity contribution is 6.38. The van der Waals surface area contributed by atoms with Crippen molar-refractivity contribution < 1.29 is 14.4 Å². The zero-order valence-electron chi connectivity index (χ0n) is 15.3. The average Bonchev–Trinajstić information content (AvgIpc) is 3.45. The number of imidazole rings is 1. The SMILES string of the molecule is NC(=O)C(=O)C(Cc1c[nH]c2c1=CCC=2)NC(=O)c1cncn1-c1ccccn1. The topological polar surface area (TPSA) is 136 Å². The van der Waals surface area contributed by atoms with Crippen LogP contribution in [0.25, 0.3) is 18.0 Å². The first-order chi connectivity index (χ1) is 14.0. The van der Waals surface area contributed by atoms with Gasteiger partial charge in [0.05, 0.1) is 6.20 Å². The van der Waals surface area contributed by atoms with E-state index < -0.39 is 23.6 Å². The first-order valence-corrected chi connectivity index (χ1v) is 8.99. The number of carbonyl (C=O) groups is 3. The van der Waals surface area contributed by atoms with Crippen LogP contribution in [0, 0.1) is 0 Å². The second-order valence-electron chi connectivity index (χ2n) is 6.58. The summed E-state index contributed by atoms with van der Waals surface area (Å²) < 4.78 is 1.50. The van der Waals surface area contributed by atoms with Crippen LogP contribution in [0.2, 0.25) is 0 Å². The highest BCUT2D eigenvalue weighted by atomic mass is 16.2. The number of carbonyl (C=O) groups excluding carboxylic acids is 3. The van der Waals surface area contributed by atoms with Gasteiger partial charge in [-0.2, -0.15) is 0 Å². The molecule has 0 aliphatic heterocycles. The Kier molecular flexibility index (Phi) is 4.78. The molecule has 1 aliphatic rings. The summed E-state index contributed by atoms with van der Waals surface area (Å²) in [5.74, 6) is -2.02. The van der Waals surface area contributed by atoms with Gasteiger partial charge in [0.15, 0.2) is 0 Å². The van der Waals surface area contributed by atoms with Gasteiger partial charge in [-0.25, -0.2) is 9.97 Å². The second-order valence-corrected chi connectivity index (χ2v) is 6.58. The van der Waals surface area contributed by atoms with Crippen LogP contribution in [0.5, 0.6) is 0 Å². The minimum Gasteiger partial charge on any atom is -0.363 e. The fourth-order valence-corrected chi connectivity index (χ4v) is 3.34. The van der Waals surface area contributed by atoms with Gasteiger partial charge in [-0.1, -0.05) is 18.2 Å². The number of aromatic nitrogens is 4. The molecule has 3 heterocycles. The molecule has 0 radical (unpaired) electrons. The molecule has 1 unspecified atom stereocenters. The minimum absolute atomic E-state index is 0.140. The first kappa shape index (κ1) is 18.4. The summed E-state index contributed by atoms with van der Waals surface area (Å²) in [6.45, 7) is 0. The summed E-state index contributed by atoms with van der Waals surface area (Å²) in [5, 5.41) is 4.56. The van der Waals surface area contributed by atoms with Gasteiger partial charge in [-0.05, 0) is 29.3 Å². The maximum absolute atomic E-state index is 12.9. The largest absolute Gasteiger partial charge is 0.363 e. The smallest absolute Gasteiger partial charge is 0.287 e. The molecule has 0 fully saturated rings. The van der Waals surface area contributed by atoms with E-state index in [0.717, 1.165) is 22.6 Å². The predicted octanol–water partition coefficient (Wildman–Crippen LogP) is -1.04. The van der Waals surface area contributed by atoms with E-state index in [-0.39, 0.29) is 12.1 Å². The van der Waals surface area contributed by atoms with Crippen molar-refractivity contribution in [2.75, 3.05) is 0 Å². The number of ketones is 1. The Morgan fingerprint density at radius 1 is 1.28 bits per heavy atom. The highest BCUT2D eigenvalue weighted by Gasteiger charge is 2.28. The number of fused-ring (bicyclic) bond motifs is 1. The lowest BCUT2D eigenvalue weighted by atomic mass is 10.0. The van der Waals surface area contributed by atoms with Gasteiger partial charge in [0.25, 0.3) is 11.8 Å². The van der Waals surface area contributed by atoms with Crippen LogP contribution in [0.15, 0.2) is 43.1 Å². The molecule has 0 aromatic carbocycles. The third kappa shape index (κ3) is 3.57. The van der Waals surface area contributed by atoms with Crippen LogP contribution in [0.3, 0.4) is 0 Å². The number of aromatic amines is 1. The predicted molar refractivity (Wildman–Crippen MR) is 104 cm³/mol. The van der Waals surface area contributed by atoms with E-state index in [2.05, 4.69) is 20.3 Å². The molecule has 9 nitrogen and oxygen atoms in total. The van der Waals surface area contributed by atoms with Crippen molar-refractivity contribution >= 4 is 29.7 Å². The van der Waals surface area contributed by atoms with Gasteiger partial charge in [-0.3, -0.25) is 19.0 Å². The summed E-state index contributed by atoms with van der Waals surface area (Å²) in [5.41, 5.74) is 6.22. The molecule has 0 saturated carbocycles. The number of primary amides is 1. The number of hydrogen-bond acceptors (Lipinski definition) is 5. The number of hydrogen-bond donors (Lipinski definition) is 3. The van der Waals surface area contributed by atoms with Crippen molar-refractivity contribution in [3.63, 3.8) is 0 Å². The summed E-state index contributed by atoms with van der Waals surface area (Å²) >= 11 is 0. The van der Waals surface area contributed by atoms with Crippen molar-refractivity contribution in [1.29, 1.82) is 0 Å². The van der Waals surface area contributed by atoms with Crippen molar-refractivity contribution in [3.8, 4) is 5.82 Å². The van der Waals surface area contributed by atoms with Crippen LogP contribution < -0.4 is 21.6 Å². The van der Waals surface area contributed by atoms with E-state index in [1.807, 2.05) is 12.2 Å². The fourth-order valence-electron chi connectivity index (χ4n) is 3.34. The molecule has 3 aromatic rings. The van der Waals surface area contributed by atoms with E-state index >= 15 is 0 Å². The number of amides is 2. The fraction of sp³-hybridized carbons (Fsp3) is 0.150. The lowest BCUT2D eigenvalue weighted by molar-refractivity contribution is -0.137. The van der Waals surface area contributed by atoms with Crippen LogP contribution >= 0.6 is 0 Å². The monoisotopic (exact) mass is 390 g/mol. The molecular weight excluding hydrogens is 372 g/mol. The first-order valence-electron chi connectivity index (χ1n) is 8.99. The maximum atomic E-state index is 12.9. The molecule has 9 heteroatoms. The molecule has 0 bridgehead atoms. The van der Waals surface area contributed by atoms with Gasteiger partial charge in [0.2, 0.25) is 5.78 Å². The van der Waals surface area contributed by atoms with Crippen molar-refractivity contribution in [2.45, 2.75) is 18.9 Å². The molecule has 1 aliphatic carbocycles. The van der Waals surface area contributed by atoms with E-state index in [0.29, 0.717) is 5.82 Å². The summed E-state index contributed by atoms with van der Waals surface area (Å²) in [6, 6.07) is 4.16. The summed E-state index contributed by atoms with van der Waals surface area (Å²) in [7, 11) is 0. The van der Waals surface area contributed by atoms with Crippen LogP contribution in [0.4, 0.5) is 0 Å². The number of rotatable bonds is 7. The Morgan fingerprint density at radius 2 is 2.14 bits per heavy atom. The number of nitrogens with two attached hydrogens (primary N) is 1. The minimum atomic E-state index is -1.10.